The number of guanidine groups is 1. The number of rotatable bonds is 10. The Morgan fingerprint density at radius 3 is 2.59 bits per heavy atom. The first-order chi connectivity index (χ1) is 13.1. The van der Waals surface area contributed by atoms with E-state index in [0.717, 1.165) is 44.0 Å². The molecule has 0 aliphatic carbocycles. The zero-order chi connectivity index (χ0) is 19.5. The van der Waals surface area contributed by atoms with E-state index in [2.05, 4.69) is 34.0 Å². The van der Waals surface area contributed by atoms with Gasteiger partial charge in [-0.2, -0.15) is 0 Å². The molecule has 0 bridgehead atoms. The largest absolute Gasteiger partial charge is 0.382 e. The highest BCUT2D eigenvalue weighted by Gasteiger charge is 2.25. The van der Waals surface area contributed by atoms with Crippen molar-refractivity contribution in [3.05, 3.63) is 0 Å². The predicted octanol–water partition coefficient (Wildman–Crippen LogP) is 2.30. The van der Waals surface area contributed by atoms with Crippen LogP contribution in [0.1, 0.15) is 39.5 Å². The van der Waals surface area contributed by atoms with Gasteiger partial charge in [-0.1, -0.05) is 13.8 Å². The van der Waals surface area contributed by atoms with Crippen molar-refractivity contribution in [2.24, 2.45) is 22.7 Å². The first-order valence-electron chi connectivity index (χ1n) is 10.9. The van der Waals surface area contributed by atoms with Gasteiger partial charge in [0.15, 0.2) is 5.96 Å². The third kappa shape index (κ3) is 8.36. The van der Waals surface area contributed by atoms with E-state index in [1.54, 1.807) is 7.11 Å². The van der Waals surface area contributed by atoms with E-state index in [4.69, 9.17) is 9.47 Å². The van der Waals surface area contributed by atoms with Crippen molar-refractivity contribution in [1.29, 1.82) is 0 Å². The molecule has 158 valence electrons. The highest BCUT2D eigenvalue weighted by atomic mass is 16.5. The summed E-state index contributed by atoms with van der Waals surface area (Å²) in [6.07, 6.45) is 5.04. The van der Waals surface area contributed by atoms with Gasteiger partial charge in [0.1, 0.15) is 0 Å². The van der Waals surface area contributed by atoms with Crippen molar-refractivity contribution in [2.45, 2.75) is 39.5 Å². The number of unbranched alkanes of at least 4 members (excludes halogenated alkanes) is 1. The quantitative estimate of drug-likeness (QED) is 0.357. The molecule has 0 spiro atoms. The summed E-state index contributed by atoms with van der Waals surface area (Å²) in [4.78, 5) is 9.51. The molecule has 0 amide bonds. The van der Waals surface area contributed by atoms with Crippen LogP contribution in [0.4, 0.5) is 0 Å². The molecule has 1 N–H and O–H groups in total. The van der Waals surface area contributed by atoms with Crippen LogP contribution in [-0.2, 0) is 9.47 Å². The molecule has 6 heteroatoms. The maximum absolute atomic E-state index is 5.69. The van der Waals surface area contributed by atoms with Crippen molar-refractivity contribution in [1.82, 2.24) is 15.1 Å². The van der Waals surface area contributed by atoms with E-state index >= 15 is 0 Å². The van der Waals surface area contributed by atoms with E-state index in [1.165, 1.54) is 45.3 Å². The highest BCUT2D eigenvalue weighted by Crippen LogP contribution is 2.21. The zero-order valence-electron chi connectivity index (χ0n) is 18.1. The molecule has 0 aromatic heterocycles. The molecular formula is C21H42N4O2. The smallest absolute Gasteiger partial charge is 0.193 e. The number of methoxy groups -OCH3 is 1. The van der Waals surface area contributed by atoms with Gasteiger partial charge in [0.25, 0.3) is 0 Å². The van der Waals surface area contributed by atoms with E-state index in [0.29, 0.717) is 19.1 Å². The Hall–Kier alpha value is -0.850. The SMILES string of the molecule is CN=C(NCCCCN1CC(C)CC(C)C1)N1CCC(COCCOC)C1. The summed E-state index contributed by atoms with van der Waals surface area (Å²) in [6.45, 7) is 13.9. The Kier molecular flexibility index (Phi) is 10.5. The van der Waals surface area contributed by atoms with Crippen LogP contribution in [0.25, 0.3) is 0 Å². The first-order valence-corrected chi connectivity index (χ1v) is 10.9. The molecule has 2 aliphatic heterocycles. The number of hydrogen-bond donors (Lipinski definition) is 1. The molecule has 0 radical (unpaired) electrons. The van der Waals surface area contributed by atoms with Crippen LogP contribution in [0.5, 0.6) is 0 Å². The summed E-state index contributed by atoms with van der Waals surface area (Å²) in [6, 6.07) is 0. The molecular weight excluding hydrogens is 340 g/mol. The van der Waals surface area contributed by atoms with E-state index in [-0.39, 0.29) is 0 Å². The molecule has 2 saturated heterocycles. The number of nitrogens with zero attached hydrogens (tertiary/aromatic N) is 3. The Morgan fingerprint density at radius 1 is 1.11 bits per heavy atom. The van der Waals surface area contributed by atoms with Gasteiger partial charge < -0.3 is 24.6 Å². The number of piperidine rings is 1. The van der Waals surface area contributed by atoms with Gasteiger partial charge in [-0.05, 0) is 44.1 Å². The van der Waals surface area contributed by atoms with Gasteiger partial charge >= 0.3 is 0 Å². The molecule has 0 aromatic carbocycles. The Labute approximate surface area is 166 Å². The van der Waals surface area contributed by atoms with Crippen LogP contribution in [-0.4, -0.2) is 89.0 Å². The maximum atomic E-state index is 5.69. The molecule has 2 fully saturated rings. The lowest BCUT2D eigenvalue weighted by atomic mass is 9.92. The monoisotopic (exact) mass is 382 g/mol. The standard InChI is InChI=1S/C21H42N4O2/c1-18-13-19(2)15-24(14-18)9-6-5-8-23-21(22-3)25-10-7-20(16-25)17-27-12-11-26-4/h18-20H,5-17H2,1-4H3,(H,22,23). The topological polar surface area (TPSA) is 49.3 Å². The molecule has 3 atom stereocenters. The van der Waals surface area contributed by atoms with Crippen LogP contribution in [0.15, 0.2) is 4.99 Å². The molecule has 3 unspecified atom stereocenters. The summed E-state index contributed by atoms with van der Waals surface area (Å²) in [7, 11) is 3.60. The van der Waals surface area contributed by atoms with Gasteiger partial charge in [-0.15, -0.1) is 0 Å². The van der Waals surface area contributed by atoms with Crippen molar-refractivity contribution in [2.75, 3.05) is 73.2 Å². The van der Waals surface area contributed by atoms with Gasteiger partial charge in [0.2, 0.25) is 0 Å². The van der Waals surface area contributed by atoms with Crippen LogP contribution >= 0.6 is 0 Å². The van der Waals surface area contributed by atoms with E-state index in [1.807, 2.05) is 7.05 Å². The fourth-order valence-electron chi connectivity index (χ4n) is 4.52. The lowest BCUT2D eigenvalue weighted by molar-refractivity contribution is 0.0536. The van der Waals surface area contributed by atoms with E-state index in [9.17, 15) is 0 Å². The van der Waals surface area contributed by atoms with Gasteiger partial charge in [-0.25, -0.2) is 0 Å². The van der Waals surface area contributed by atoms with E-state index < -0.39 is 0 Å². The molecule has 6 nitrogen and oxygen atoms in total. The second kappa shape index (κ2) is 12.6. The number of ether oxygens (including phenoxy) is 2. The third-order valence-corrected chi connectivity index (χ3v) is 5.71. The number of likely N-dealkylation sites (tertiary alicyclic amines) is 2. The molecule has 2 rings (SSSR count). The lowest BCUT2D eigenvalue weighted by Crippen LogP contribution is -2.41. The summed E-state index contributed by atoms with van der Waals surface area (Å²) < 4.78 is 10.7. The lowest BCUT2D eigenvalue weighted by Gasteiger charge is -2.35. The average Bonchev–Trinajstić information content (AvgIpc) is 3.10. The molecule has 2 heterocycles. The molecule has 0 saturated carbocycles. The van der Waals surface area contributed by atoms with Crippen LogP contribution in [0.3, 0.4) is 0 Å². The molecule has 27 heavy (non-hydrogen) atoms. The van der Waals surface area contributed by atoms with Crippen molar-refractivity contribution < 1.29 is 9.47 Å². The van der Waals surface area contributed by atoms with Crippen LogP contribution in [0, 0.1) is 17.8 Å². The number of hydrogen-bond acceptors (Lipinski definition) is 4. The normalized spacial score (nSPS) is 27.3. The summed E-state index contributed by atoms with van der Waals surface area (Å²) >= 11 is 0. The second-order valence-corrected chi connectivity index (χ2v) is 8.56. The van der Waals surface area contributed by atoms with Crippen molar-refractivity contribution >= 4 is 5.96 Å². The Morgan fingerprint density at radius 2 is 1.89 bits per heavy atom. The van der Waals surface area contributed by atoms with Gasteiger partial charge in [-0.3, -0.25) is 4.99 Å². The fourth-order valence-corrected chi connectivity index (χ4v) is 4.52. The Bertz CT molecular complexity index is 422. The number of aliphatic imine (C=N–C) groups is 1. The van der Waals surface area contributed by atoms with Crippen LogP contribution < -0.4 is 5.32 Å². The summed E-state index contributed by atoms with van der Waals surface area (Å²) in [5.74, 6) is 3.36. The average molecular weight is 383 g/mol. The number of nitrogens with one attached hydrogen (secondary N) is 1. The van der Waals surface area contributed by atoms with Gasteiger partial charge in [0.05, 0.1) is 19.8 Å². The minimum Gasteiger partial charge on any atom is -0.382 e. The molecule has 2 aliphatic rings. The molecule has 0 aromatic rings. The second-order valence-electron chi connectivity index (χ2n) is 8.56. The first kappa shape index (κ1) is 22.4. The zero-order valence-corrected chi connectivity index (χ0v) is 18.1. The summed E-state index contributed by atoms with van der Waals surface area (Å²) in [5, 5.41) is 3.56. The van der Waals surface area contributed by atoms with Crippen LogP contribution in [0.2, 0.25) is 0 Å². The van der Waals surface area contributed by atoms with Gasteiger partial charge in [0, 0.05) is 52.8 Å². The summed E-state index contributed by atoms with van der Waals surface area (Å²) in [5.41, 5.74) is 0. The van der Waals surface area contributed by atoms with Crippen molar-refractivity contribution in [3.8, 4) is 0 Å². The fraction of sp³-hybridized carbons (Fsp3) is 0.952. The third-order valence-electron chi connectivity index (χ3n) is 5.71. The Balaban J connectivity index is 1.56. The minimum atomic E-state index is 0.600. The van der Waals surface area contributed by atoms with Crippen molar-refractivity contribution in [3.63, 3.8) is 0 Å². The predicted molar refractivity (Wildman–Crippen MR) is 112 cm³/mol. The maximum Gasteiger partial charge on any atom is 0.193 e. The highest BCUT2D eigenvalue weighted by molar-refractivity contribution is 5.80. The minimum absolute atomic E-state index is 0.600.